The zero-order valence-corrected chi connectivity index (χ0v) is 18.5. The van der Waals surface area contributed by atoms with E-state index < -0.39 is 18.1 Å². The van der Waals surface area contributed by atoms with Crippen molar-refractivity contribution in [2.75, 3.05) is 17.1 Å². The van der Waals surface area contributed by atoms with Crippen LogP contribution in [0.4, 0.5) is 11.4 Å². The highest BCUT2D eigenvalue weighted by atomic mass is 16.7. The van der Waals surface area contributed by atoms with E-state index in [4.69, 9.17) is 9.57 Å². The fourth-order valence-electron chi connectivity index (χ4n) is 5.02. The van der Waals surface area contributed by atoms with Crippen LogP contribution in [0, 0.1) is 5.92 Å². The van der Waals surface area contributed by atoms with Gasteiger partial charge in [-0.1, -0.05) is 60.7 Å². The van der Waals surface area contributed by atoms with Crippen LogP contribution in [0.1, 0.15) is 11.6 Å². The molecule has 4 aromatic rings. The Morgan fingerprint density at radius 2 is 1.44 bits per heavy atom. The van der Waals surface area contributed by atoms with Gasteiger partial charge in [0.1, 0.15) is 11.7 Å². The van der Waals surface area contributed by atoms with Crippen LogP contribution in [-0.4, -0.2) is 25.0 Å². The molecule has 2 aliphatic heterocycles. The maximum atomic E-state index is 13.8. The van der Waals surface area contributed by atoms with Gasteiger partial charge in [0.05, 0.1) is 24.5 Å². The van der Waals surface area contributed by atoms with Crippen LogP contribution in [0.2, 0.25) is 0 Å². The van der Waals surface area contributed by atoms with Gasteiger partial charge in [0.15, 0.2) is 6.10 Å². The number of ether oxygens (including phenoxy) is 1. The fourth-order valence-corrected chi connectivity index (χ4v) is 5.02. The number of imide groups is 1. The summed E-state index contributed by atoms with van der Waals surface area (Å²) in [7, 11) is 1.58. The molecule has 2 saturated heterocycles. The minimum Gasteiger partial charge on any atom is -0.497 e. The highest BCUT2D eigenvalue weighted by Gasteiger charge is 2.60. The summed E-state index contributed by atoms with van der Waals surface area (Å²) >= 11 is 0. The lowest BCUT2D eigenvalue weighted by Gasteiger charge is -2.29. The molecule has 0 unspecified atom stereocenters. The first-order valence-electron chi connectivity index (χ1n) is 11.2. The van der Waals surface area contributed by atoms with Crippen LogP contribution in [0.25, 0.3) is 10.8 Å². The highest BCUT2D eigenvalue weighted by Crippen LogP contribution is 2.48. The lowest BCUT2D eigenvalue weighted by molar-refractivity contribution is -0.126. The predicted molar refractivity (Wildman–Crippen MR) is 129 cm³/mol. The van der Waals surface area contributed by atoms with E-state index in [0.29, 0.717) is 11.4 Å². The largest absolute Gasteiger partial charge is 0.497 e. The van der Waals surface area contributed by atoms with Crippen LogP contribution < -0.4 is 14.7 Å². The molecule has 6 nitrogen and oxygen atoms in total. The first-order chi connectivity index (χ1) is 16.7. The van der Waals surface area contributed by atoms with Gasteiger partial charge in [-0.25, -0.2) is 9.96 Å². The minimum absolute atomic E-state index is 0.267. The summed E-state index contributed by atoms with van der Waals surface area (Å²) in [5, 5.41) is 3.83. The Labute approximate surface area is 196 Å². The predicted octanol–water partition coefficient (Wildman–Crippen LogP) is 4.90. The molecular formula is C28H22N2O4. The molecule has 2 amide bonds. The molecule has 3 atom stereocenters. The molecule has 0 spiro atoms. The summed E-state index contributed by atoms with van der Waals surface area (Å²) in [6.45, 7) is 0. The second-order valence-electron chi connectivity index (χ2n) is 8.44. The molecule has 0 bridgehead atoms. The number of para-hydroxylation sites is 1. The molecule has 34 heavy (non-hydrogen) atoms. The number of carbonyl (C=O) groups excluding carboxylic acids is 2. The van der Waals surface area contributed by atoms with Crippen molar-refractivity contribution < 1.29 is 19.2 Å². The van der Waals surface area contributed by atoms with Crippen LogP contribution in [0.3, 0.4) is 0 Å². The highest BCUT2D eigenvalue weighted by molar-refractivity contribution is 6.24. The van der Waals surface area contributed by atoms with E-state index in [1.165, 1.54) is 4.90 Å². The van der Waals surface area contributed by atoms with Crippen molar-refractivity contribution >= 4 is 34.0 Å². The van der Waals surface area contributed by atoms with Crippen molar-refractivity contribution in [3.05, 3.63) is 103 Å². The number of benzene rings is 4. The molecule has 2 fully saturated rings. The van der Waals surface area contributed by atoms with Crippen molar-refractivity contribution in [3.63, 3.8) is 0 Å². The van der Waals surface area contributed by atoms with Gasteiger partial charge < -0.3 is 4.74 Å². The standard InChI is InChI=1S/C28H22N2O4/c1-33-21-16-14-19(15-17-21)29-27(31)24-25(23-13-7-9-18-8-5-6-12-22(18)23)30(34-26(24)28(29)32)20-10-3-2-4-11-20/h2-17,24-26H,1H3/t24-,25-,26+/m1/s1. The van der Waals surface area contributed by atoms with Gasteiger partial charge >= 0.3 is 0 Å². The Bertz CT molecular complexity index is 1380. The van der Waals surface area contributed by atoms with Gasteiger partial charge in [-0.3, -0.25) is 14.4 Å². The maximum Gasteiger partial charge on any atom is 0.266 e. The molecule has 6 heteroatoms. The van der Waals surface area contributed by atoms with Gasteiger partial charge in [-0.15, -0.1) is 0 Å². The summed E-state index contributed by atoms with van der Waals surface area (Å²) in [5.74, 6) is -0.649. The minimum atomic E-state index is -0.904. The molecular weight excluding hydrogens is 428 g/mol. The third-order valence-corrected chi connectivity index (χ3v) is 6.60. The number of hydrogen-bond acceptors (Lipinski definition) is 5. The van der Waals surface area contributed by atoms with E-state index in [2.05, 4.69) is 0 Å². The van der Waals surface area contributed by atoms with Gasteiger partial charge in [0.2, 0.25) is 5.91 Å². The monoisotopic (exact) mass is 450 g/mol. The van der Waals surface area contributed by atoms with E-state index in [1.807, 2.05) is 72.8 Å². The Kier molecular flexibility index (Phi) is 4.81. The second-order valence-corrected chi connectivity index (χ2v) is 8.44. The average Bonchev–Trinajstić information content (AvgIpc) is 3.40. The number of methoxy groups -OCH3 is 1. The summed E-state index contributed by atoms with van der Waals surface area (Å²) in [6.07, 6.45) is -0.904. The van der Waals surface area contributed by atoms with Gasteiger partial charge in [-0.2, -0.15) is 0 Å². The summed E-state index contributed by atoms with van der Waals surface area (Å²) in [4.78, 5) is 34.8. The van der Waals surface area contributed by atoms with Crippen molar-refractivity contribution in [3.8, 4) is 5.75 Å². The van der Waals surface area contributed by atoms with Crippen LogP contribution in [0.15, 0.2) is 97.1 Å². The van der Waals surface area contributed by atoms with Crippen molar-refractivity contribution in [2.24, 2.45) is 5.92 Å². The quantitative estimate of drug-likeness (QED) is 0.414. The SMILES string of the molecule is COc1ccc(N2C(=O)[C@H]3[C@H](ON(c4ccccc4)[C@@H]3c3cccc4ccccc34)C2=O)cc1. The summed E-state index contributed by atoms with van der Waals surface area (Å²) in [5.41, 5.74) is 2.26. The normalized spacial score (nSPS) is 21.9. The Morgan fingerprint density at radius 3 is 2.21 bits per heavy atom. The van der Waals surface area contributed by atoms with Crippen molar-refractivity contribution in [2.45, 2.75) is 12.1 Å². The van der Waals surface area contributed by atoms with Crippen LogP contribution in [-0.2, 0) is 14.4 Å². The van der Waals surface area contributed by atoms with E-state index in [1.54, 1.807) is 36.4 Å². The molecule has 0 aliphatic carbocycles. The number of nitrogens with zero attached hydrogens (tertiary/aromatic N) is 2. The summed E-state index contributed by atoms with van der Waals surface area (Å²) in [6, 6.07) is 30.2. The van der Waals surface area contributed by atoms with E-state index >= 15 is 0 Å². The number of carbonyl (C=O) groups is 2. The third-order valence-electron chi connectivity index (χ3n) is 6.60. The lowest BCUT2D eigenvalue weighted by atomic mass is 9.87. The molecule has 0 radical (unpaired) electrons. The molecule has 0 aromatic heterocycles. The number of fused-ring (bicyclic) bond motifs is 2. The molecule has 168 valence electrons. The molecule has 0 saturated carbocycles. The molecule has 4 aromatic carbocycles. The summed E-state index contributed by atoms with van der Waals surface area (Å²) < 4.78 is 5.22. The van der Waals surface area contributed by atoms with Gasteiger partial charge in [0.25, 0.3) is 5.91 Å². The first kappa shape index (κ1) is 20.4. The molecule has 2 aliphatic rings. The first-order valence-corrected chi connectivity index (χ1v) is 11.2. The average molecular weight is 450 g/mol. The topological polar surface area (TPSA) is 59.1 Å². The van der Waals surface area contributed by atoms with E-state index in [0.717, 1.165) is 22.0 Å². The Hall–Kier alpha value is -4.16. The lowest BCUT2D eigenvalue weighted by Crippen LogP contribution is -2.37. The zero-order valence-electron chi connectivity index (χ0n) is 18.5. The van der Waals surface area contributed by atoms with Gasteiger partial charge in [-0.05, 0) is 52.7 Å². The fraction of sp³-hybridized carbons (Fsp3) is 0.143. The smallest absolute Gasteiger partial charge is 0.266 e. The Morgan fingerprint density at radius 1 is 0.735 bits per heavy atom. The molecule has 0 N–H and O–H groups in total. The van der Waals surface area contributed by atoms with Crippen LogP contribution >= 0.6 is 0 Å². The molecule has 6 rings (SSSR count). The van der Waals surface area contributed by atoms with Crippen molar-refractivity contribution in [1.82, 2.24) is 0 Å². The van der Waals surface area contributed by atoms with E-state index in [-0.39, 0.29) is 11.8 Å². The number of anilines is 2. The molecule has 2 heterocycles. The number of hydrogen-bond donors (Lipinski definition) is 0. The van der Waals surface area contributed by atoms with Crippen molar-refractivity contribution in [1.29, 1.82) is 0 Å². The van der Waals surface area contributed by atoms with E-state index in [9.17, 15) is 9.59 Å². The third kappa shape index (κ3) is 3.07. The number of rotatable bonds is 4. The number of amides is 2. The maximum absolute atomic E-state index is 13.8. The van der Waals surface area contributed by atoms with Gasteiger partial charge in [0, 0.05) is 0 Å². The second kappa shape index (κ2) is 8.01. The van der Waals surface area contributed by atoms with Crippen LogP contribution in [0.5, 0.6) is 5.75 Å². The number of hydroxylamine groups is 1. The Balaban J connectivity index is 1.48. The zero-order chi connectivity index (χ0) is 23.2.